The van der Waals surface area contributed by atoms with Gasteiger partial charge in [-0.05, 0) is 55.4 Å². The number of sulfonamides is 1. The number of carbonyl (C=O) groups excluding carboxylic acids is 1. The van der Waals surface area contributed by atoms with Gasteiger partial charge in [-0.3, -0.25) is 4.79 Å². The van der Waals surface area contributed by atoms with Crippen LogP contribution in [0.3, 0.4) is 0 Å². The van der Waals surface area contributed by atoms with Crippen molar-refractivity contribution in [2.45, 2.75) is 76.7 Å². The molecule has 1 fully saturated rings. The Bertz CT molecular complexity index is 822. The van der Waals surface area contributed by atoms with Crippen molar-refractivity contribution in [2.75, 3.05) is 11.4 Å². The van der Waals surface area contributed by atoms with Crippen LogP contribution in [0.15, 0.2) is 23.1 Å². The lowest BCUT2D eigenvalue weighted by atomic mass is 9.87. The zero-order valence-electron chi connectivity index (χ0n) is 17.1. The molecule has 1 saturated carbocycles. The molecule has 1 N–H and O–H groups in total. The second kappa shape index (κ2) is 7.21. The summed E-state index contributed by atoms with van der Waals surface area (Å²) in [5.74, 6) is 0.661. The normalized spacial score (nSPS) is 24.9. The van der Waals surface area contributed by atoms with E-state index in [1.165, 1.54) is 0 Å². The predicted molar refractivity (Wildman–Crippen MR) is 108 cm³/mol. The van der Waals surface area contributed by atoms with Crippen molar-refractivity contribution in [3.8, 4) is 0 Å². The zero-order chi connectivity index (χ0) is 20.0. The molecule has 0 aromatic heterocycles. The molecular weight excluding hydrogens is 360 g/mol. The molecule has 1 aliphatic carbocycles. The average Bonchev–Trinajstić information content (AvgIpc) is 2.87. The topological polar surface area (TPSA) is 66.5 Å². The smallest absolute Gasteiger partial charge is 0.240 e. The van der Waals surface area contributed by atoms with Crippen LogP contribution in [0.1, 0.15) is 65.9 Å². The van der Waals surface area contributed by atoms with E-state index in [4.69, 9.17) is 0 Å². The van der Waals surface area contributed by atoms with Crippen LogP contribution < -0.4 is 9.62 Å². The molecule has 0 saturated heterocycles. The van der Waals surface area contributed by atoms with E-state index >= 15 is 0 Å². The minimum absolute atomic E-state index is 0.0199. The second-order valence-electron chi connectivity index (χ2n) is 9.22. The third kappa shape index (κ3) is 4.06. The highest BCUT2D eigenvalue weighted by Gasteiger charge is 2.39. The summed E-state index contributed by atoms with van der Waals surface area (Å²) >= 11 is 0. The number of amides is 1. The third-order valence-electron chi connectivity index (χ3n) is 5.95. The van der Waals surface area contributed by atoms with E-state index in [0.29, 0.717) is 17.4 Å². The van der Waals surface area contributed by atoms with Crippen LogP contribution in [-0.2, 0) is 20.2 Å². The Kier molecular flexibility index (Phi) is 5.43. The summed E-state index contributed by atoms with van der Waals surface area (Å²) < 4.78 is 28.7. The monoisotopic (exact) mass is 392 g/mol. The summed E-state index contributed by atoms with van der Waals surface area (Å²) in [6.45, 7) is 10.7. The maximum absolute atomic E-state index is 12.9. The Balaban J connectivity index is 1.88. The number of nitrogens with zero attached hydrogens (tertiary/aromatic N) is 1. The third-order valence-corrected chi connectivity index (χ3v) is 7.47. The van der Waals surface area contributed by atoms with Gasteiger partial charge in [-0.1, -0.05) is 34.6 Å². The van der Waals surface area contributed by atoms with E-state index in [1.807, 2.05) is 13.8 Å². The van der Waals surface area contributed by atoms with E-state index in [-0.39, 0.29) is 23.3 Å². The quantitative estimate of drug-likeness (QED) is 0.847. The van der Waals surface area contributed by atoms with E-state index in [2.05, 4.69) is 25.5 Å². The van der Waals surface area contributed by atoms with Gasteiger partial charge < -0.3 is 4.90 Å². The average molecular weight is 393 g/mol. The van der Waals surface area contributed by atoms with Gasteiger partial charge in [0.1, 0.15) is 0 Å². The summed E-state index contributed by atoms with van der Waals surface area (Å²) in [6, 6.07) is 5.21. The van der Waals surface area contributed by atoms with E-state index in [1.54, 1.807) is 23.1 Å². The predicted octanol–water partition coefficient (Wildman–Crippen LogP) is 3.82. The number of rotatable bonds is 4. The van der Waals surface area contributed by atoms with Crippen molar-refractivity contribution in [3.05, 3.63) is 23.8 Å². The molecule has 0 bridgehead atoms. The highest BCUT2D eigenvalue weighted by Crippen LogP contribution is 2.42. The highest BCUT2D eigenvalue weighted by atomic mass is 32.2. The van der Waals surface area contributed by atoms with Crippen LogP contribution in [-0.4, -0.2) is 26.9 Å². The Morgan fingerprint density at radius 3 is 2.41 bits per heavy atom. The molecule has 1 amide bonds. The Morgan fingerprint density at radius 1 is 1.19 bits per heavy atom. The molecular formula is C21H32N2O3S. The molecule has 0 atom stereocenters. The van der Waals surface area contributed by atoms with E-state index in [9.17, 15) is 13.2 Å². The van der Waals surface area contributed by atoms with Crippen molar-refractivity contribution >= 4 is 21.6 Å². The summed E-state index contributed by atoms with van der Waals surface area (Å²) in [5.41, 5.74) is 1.49. The Hall–Kier alpha value is -1.40. The van der Waals surface area contributed by atoms with E-state index < -0.39 is 10.0 Å². The molecule has 2 aliphatic rings. The first-order valence-electron chi connectivity index (χ1n) is 9.99. The maximum Gasteiger partial charge on any atom is 0.240 e. The molecule has 1 aliphatic heterocycles. The number of fused-ring (bicyclic) bond motifs is 1. The number of carbonyl (C=O) groups is 1. The fraction of sp³-hybridized carbons (Fsp3) is 0.667. The zero-order valence-corrected chi connectivity index (χ0v) is 17.9. The van der Waals surface area contributed by atoms with Gasteiger partial charge >= 0.3 is 0 Å². The standard InChI is InChI=1S/C21H32N2O3S/c1-14(2)20(24)23-13-21(4,5)18-12-17(10-11-19(18)23)27(25,26)22-16-8-6-15(3)7-9-16/h10-12,14-16,22H,6-9,13H2,1-5H3. The molecule has 150 valence electrons. The van der Waals surface area contributed by atoms with Gasteiger partial charge in [0.15, 0.2) is 0 Å². The van der Waals surface area contributed by atoms with E-state index in [0.717, 1.165) is 36.9 Å². The molecule has 27 heavy (non-hydrogen) atoms. The van der Waals surface area contributed by atoms with Gasteiger partial charge in [-0.2, -0.15) is 0 Å². The molecule has 1 aromatic carbocycles. The van der Waals surface area contributed by atoms with Gasteiger partial charge in [-0.25, -0.2) is 13.1 Å². The SMILES string of the molecule is CC1CCC(NS(=O)(=O)c2ccc3c(c2)C(C)(C)CN3C(=O)C(C)C)CC1. The van der Waals surface area contributed by atoms with Crippen LogP contribution in [0.4, 0.5) is 5.69 Å². The van der Waals surface area contributed by atoms with Crippen LogP contribution in [0, 0.1) is 11.8 Å². The van der Waals surface area contributed by atoms with Gasteiger partial charge in [0, 0.05) is 29.6 Å². The summed E-state index contributed by atoms with van der Waals surface area (Å²) in [4.78, 5) is 14.7. The first-order chi connectivity index (χ1) is 12.5. The fourth-order valence-electron chi connectivity index (χ4n) is 4.20. The minimum atomic E-state index is -3.56. The molecule has 6 heteroatoms. The van der Waals surface area contributed by atoms with Gasteiger partial charge in [0.05, 0.1) is 4.90 Å². The van der Waals surface area contributed by atoms with Crippen molar-refractivity contribution in [1.82, 2.24) is 4.72 Å². The van der Waals surface area contributed by atoms with Crippen LogP contribution in [0.5, 0.6) is 0 Å². The molecule has 0 unspecified atom stereocenters. The summed E-state index contributed by atoms with van der Waals surface area (Å²) in [5, 5.41) is 0. The first kappa shape index (κ1) is 20.3. The lowest BCUT2D eigenvalue weighted by molar-refractivity contribution is -0.121. The molecule has 0 radical (unpaired) electrons. The van der Waals surface area contributed by atoms with Crippen LogP contribution in [0.2, 0.25) is 0 Å². The highest BCUT2D eigenvalue weighted by molar-refractivity contribution is 7.89. The number of anilines is 1. The van der Waals surface area contributed by atoms with Crippen molar-refractivity contribution in [3.63, 3.8) is 0 Å². The van der Waals surface area contributed by atoms with Crippen molar-refractivity contribution < 1.29 is 13.2 Å². The van der Waals surface area contributed by atoms with Crippen LogP contribution in [0.25, 0.3) is 0 Å². The fourth-order valence-corrected chi connectivity index (χ4v) is 5.53. The lowest BCUT2D eigenvalue weighted by Crippen LogP contribution is -2.37. The van der Waals surface area contributed by atoms with Crippen LogP contribution >= 0.6 is 0 Å². The largest absolute Gasteiger partial charge is 0.311 e. The van der Waals surface area contributed by atoms with Crippen molar-refractivity contribution in [2.24, 2.45) is 11.8 Å². The number of nitrogens with one attached hydrogen (secondary N) is 1. The number of hydrogen-bond acceptors (Lipinski definition) is 3. The van der Waals surface area contributed by atoms with Crippen molar-refractivity contribution in [1.29, 1.82) is 0 Å². The Labute approximate surface area is 163 Å². The number of hydrogen-bond donors (Lipinski definition) is 1. The van der Waals surface area contributed by atoms with Gasteiger partial charge in [0.25, 0.3) is 0 Å². The lowest BCUT2D eigenvalue weighted by Gasteiger charge is -2.27. The molecule has 1 heterocycles. The maximum atomic E-state index is 12.9. The molecule has 1 aromatic rings. The molecule has 5 nitrogen and oxygen atoms in total. The Morgan fingerprint density at radius 2 is 1.81 bits per heavy atom. The minimum Gasteiger partial charge on any atom is -0.311 e. The van der Waals surface area contributed by atoms with Gasteiger partial charge in [-0.15, -0.1) is 0 Å². The first-order valence-corrected chi connectivity index (χ1v) is 11.5. The van der Waals surface area contributed by atoms with Gasteiger partial charge in [0.2, 0.25) is 15.9 Å². The number of benzene rings is 1. The summed E-state index contributed by atoms with van der Waals surface area (Å²) in [6.07, 6.45) is 3.92. The molecule has 0 spiro atoms. The second-order valence-corrected chi connectivity index (χ2v) is 10.9. The summed E-state index contributed by atoms with van der Waals surface area (Å²) in [7, 11) is -3.56. The molecule has 3 rings (SSSR count).